The minimum absolute atomic E-state index is 0.836. The maximum absolute atomic E-state index is 2.58. The van der Waals surface area contributed by atoms with E-state index in [4.69, 9.17) is 0 Å². The Balaban J connectivity index is 1.35. The van der Waals surface area contributed by atoms with Gasteiger partial charge in [0.2, 0.25) is 0 Å². The van der Waals surface area contributed by atoms with Crippen molar-refractivity contribution >= 4 is 0 Å². The van der Waals surface area contributed by atoms with Crippen LogP contribution in [0, 0.1) is 0 Å². The molecule has 1 heterocycles. The minimum atomic E-state index is 0.836. The first-order valence-corrected chi connectivity index (χ1v) is 8.65. The van der Waals surface area contributed by atoms with Gasteiger partial charge in [-0.1, -0.05) is 60.7 Å². The fourth-order valence-electron chi connectivity index (χ4n) is 3.48. The van der Waals surface area contributed by atoms with Crippen molar-refractivity contribution in [1.29, 1.82) is 0 Å². The Bertz CT molecular complexity index is 530. The van der Waals surface area contributed by atoms with E-state index in [2.05, 4.69) is 66.0 Å². The van der Waals surface area contributed by atoms with Crippen LogP contribution in [0.25, 0.3) is 0 Å². The van der Waals surface area contributed by atoms with Crippen molar-refractivity contribution < 1.29 is 10.2 Å². The van der Waals surface area contributed by atoms with E-state index in [1.165, 1.54) is 56.6 Å². The molecule has 2 aromatic carbocycles. The maximum Gasteiger partial charge on any atom is 0.103 e. The van der Waals surface area contributed by atoms with Gasteiger partial charge >= 0.3 is 0 Å². The molecule has 0 amide bonds. The molecule has 0 aliphatic carbocycles. The third-order valence-electron chi connectivity index (χ3n) is 4.81. The highest BCUT2D eigenvalue weighted by molar-refractivity contribution is 5.14. The van der Waals surface area contributed by atoms with Crippen LogP contribution in [0.3, 0.4) is 0 Å². The first-order chi connectivity index (χ1) is 10.9. The summed E-state index contributed by atoms with van der Waals surface area (Å²) in [5.74, 6) is 0. The average Bonchev–Trinajstić information content (AvgIpc) is 2.58. The predicted molar refractivity (Wildman–Crippen MR) is 90.8 cm³/mol. The molecule has 2 nitrogen and oxygen atoms in total. The smallest absolute Gasteiger partial charge is 0.103 e. The summed E-state index contributed by atoms with van der Waals surface area (Å²) < 4.78 is 0. The molecule has 0 spiro atoms. The van der Waals surface area contributed by atoms with E-state index in [1.54, 1.807) is 4.90 Å². The summed E-state index contributed by atoms with van der Waals surface area (Å²) in [6, 6.07) is 22.6. The van der Waals surface area contributed by atoms with Crippen LogP contribution in [0.4, 0.5) is 0 Å². The number of nitrogens with one attached hydrogen (secondary N) is 1. The summed E-state index contributed by atoms with van der Waals surface area (Å²) >= 11 is 0. The third kappa shape index (κ3) is 4.69. The van der Waals surface area contributed by atoms with Crippen molar-refractivity contribution in [2.24, 2.45) is 0 Å². The lowest BCUT2D eigenvalue weighted by Crippen LogP contribution is -3.13. The van der Waals surface area contributed by atoms with Crippen LogP contribution in [0.2, 0.25) is 0 Å². The van der Waals surface area contributed by atoms with Crippen molar-refractivity contribution in [2.75, 3.05) is 19.6 Å². The molecule has 2 aromatic rings. The molecule has 22 heavy (non-hydrogen) atoms. The zero-order valence-corrected chi connectivity index (χ0v) is 13.4. The van der Waals surface area contributed by atoms with Crippen LogP contribution in [0.15, 0.2) is 60.7 Å². The number of nitrogens with two attached hydrogens (primary N) is 1. The van der Waals surface area contributed by atoms with Crippen molar-refractivity contribution in [3.8, 4) is 0 Å². The molecule has 0 atom stereocenters. The van der Waals surface area contributed by atoms with Gasteiger partial charge in [0.25, 0.3) is 0 Å². The number of quaternary nitrogens is 2. The summed E-state index contributed by atoms with van der Waals surface area (Å²) in [7, 11) is 0. The summed E-state index contributed by atoms with van der Waals surface area (Å²) in [4.78, 5) is 1.75. The van der Waals surface area contributed by atoms with Gasteiger partial charge in [-0.15, -0.1) is 0 Å². The summed E-state index contributed by atoms with van der Waals surface area (Å²) in [5.41, 5.74) is 2.94. The molecule has 3 N–H and O–H groups in total. The van der Waals surface area contributed by atoms with Gasteiger partial charge < -0.3 is 10.2 Å². The van der Waals surface area contributed by atoms with Gasteiger partial charge in [-0.05, 0) is 5.56 Å². The largest absolute Gasteiger partial charge is 0.343 e. The van der Waals surface area contributed by atoms with Gasteiger partial charge in [0.15, 0.2) is 0 Å². The quantitative estimate of drug-likeness (QED) is 0.795. The number of rotatable bonds is 6. The molecular weight excluding hydrogens is 268 g/mol. The fraction of sp³-hybridized carbons (Fsp3) is 0.400. The number of hydrogen-bond acceptors (Lipinski definition) is 0. The molecule has 2 heteroatoms. The predicted octanol–water partition coefficient (Wildman–Crippen LogP) is 1.04. The van der Waals surface area contributed by atoms with E-state index in [9.17, 15) is 0 Å². The fourth-order valence-corrected chi connectivity index (χ4v) is 3.48. The lowest BCUT2D eigenvalue weighted by atomic mass is 10.0. The first-order valence-electron chi connectivity index (χ1n) is 8.65. The van der Waals surface area contributed by atoms with Crippen molar-refractivity contribution in [1.82, 2.24) is 0 Å². The maximum atomic E-state index is 2.58. The van der Waals surface area contributed by atoms with E-state index in [0.29, 0.717) is 0 Å². The number of benzene rings is 2. The van der Waals surface area contributed by atoms with Gasteiger partial charge in [0.1, 0.15) is 6.54 Å². The Labute approximate surface area is 134 Å². The van der Waals surface area contributed by atoms with E-state index in [1.807, 2.05) is 0 Å². The molecule has 1 saturated heterocycles. The molecular formula is C20H28N2+2. The molecule has 1 fully saturated rings. The lowest BCUT2D eigenvalue weighted by molar-refractivity contribution is -0.926. The molecule has 0 bridgehead atoms. The molecule has 0 unspecified atom stereocenters. The zero-order valence-electron chi connectivity index (χ0n) is 13.4. The summed E-state index contributed by atoms with van der Waals surface area (Å²) in [5, 5.41) is 2.58. The van der Waals surface area contributed by atoms with Crippen molar-refractivity contribution in [3.63, 3.8) is 0 Å². The first kappa shape index (κ1) is 15.3. The van der Waals surface area contributed by atoms with Crippen molar-refractivity contribution in [2.45, 2.75) is 31.8 Å². The van der Waals surface area contributed by atoms with Crippen LogP contribution in [0.1, 0.15) is 24.0 Å². The van der Waals surface area contributed by atoms with Crippen molar-refractivity contribution in [3.05, 3.63) is 71.8 Å². The number of piperidine rings is 1. The van der Waals surface area contributed by atoms with E-state index in [-0.39, 0.29) is 0 Å². The molecule has 0 aromatic heterocycles. The highest BCUT2D eigenvalue weighted by Gasteiger charge is 2.23. The molecule has 0 radical (unpaired) electrons. The zero-order chi connectivity index (χ0) is 15.0. The topological polar surface area (TPSA) is 21.1 Å². The molecule has 1 aliphatic rings. The van der Waals surface area contributed by atoms with Gasteiger partial charge in [-0.3, -0.25) is 0 Å². The third-order valence-corrected chi connectivity index (χ3v) is 4.81. The average molecular weight is 296 g/mol. The summed E-state index contributed by atoms with van der Waals surface area (Å²) in [6.07, 6.45) is 3.91. The highest BCUT2D eigenvalue weighted by atomic mass is 15.1. The normalized spacial score (nSPS) is 21.6. The van der Waals surface area contributed by atoms with Crippen LogP contribution < -0.4 is 10.2 Å². The van der Waals surface area contributed by atoms with E-state index < -0.39 is 0 Å². The molecule has 0 saturated carbocycles. The number of hydrogen-bond donors (Lipinski definition) is 2. The number of likely N-dealkylation sites (tertiary alicyclic amines) is 1. The minimum Gasteiger partial charge on any atom is -0.343 e. The van der Waals surface area contributed by atoms with Gasteiger partial charge in [0.05, 0.1) is 25.7 Å². The Morgan fingerprint density at radius 1 is 0.818 bits per heavy atom. The molecule has 3 rings (SSSR count). The summed E-state index contributed by atoms with van der Waals surface area (Å²) in [6.45, 7) is 5.06. The Morgan fingerprint density at radius 2 is 1.41 bits per heavy atom. The lowest BCUT2D eigenvalue weighted by Gasteiger charge is -2.28. The standard InChI is InChI=1S/C20H26N2/c1-3-7-18(8-4-1)11-14-21-20-12-15-22(16-13-20)17-19-9-5-2-6-10-19/h1-10,20-21H,11-17H2/p+2. The van der Waals surface area contributed by atoms with Crippen LogP contribution >= 0.6 is 0 Å². The Hall–Kier alpha value is -1.64. The monoisotopic (exact) mass is 296 g/mol. The van der Waals surface area contributed by atoms with E-state index in [0.717, 1.165) is 6.04 Å². The van der Waals surface area contributed by atoms with Crippen LogP contribution in [0.5, 0.6) is 0 Å². The second-order valence-corrected chi connectivity index (χ2v) is 6.51. The second-order valence-electron chi connectivity index (χ2n) is 6.51. The van der Waals surface area contributed by atoms with Gasteiger partial charge in [-0.25, -0.2) is 0 Å². The molecule has 1 aliphatic heterocycles. The highest BCUT2D eigenvalue weighted by Crippen LogP contribution is 2.00. The Kier molecular flexibility index (Phi) is 5.63. The Morgan fingerprint density at radius 3 is 2.05 bits per heavy atom. The van der Waals surface area contributed by atoms with Crippen LogP contribution in [-0.4, -0.2) is 25.7 Å². The van der Waals surface area contributed by atoms with Gasteiger partial charge in [-0.2, -0.15) is 0 Å². The van der Waals surface area contributed by atoms with E-state index >= 15 is 0 Å². The van der Waals surface area contributed by atoms with Crippen LogP contribution in [-0.2, 0) is 13.0 Å². The second kappa shape index (κ2) is 8.11. The molecule has 116 valence electrons. The van der Waals surface area contributed by atoms with Gasteiger partial charge in [0, 0.05) is 24.8 Å². The SMILES string of the molecule is c1ccc(CC[NH2+]C2CC[NH+](Cc3ccccc3)CC2)cc1.